The predicted molar refractivity (Wildman–Crippen MR) is 150 cm³/mol. The van der Waals surface area contributed by atoms with Crippen LogP contribution in [-0.2, 0) is 11.3 Å². The van der Waals surface area contributed by atoms with E-state index in [9.17, 15) is 14.0 Å². The van der Waals surface area contributed by atoms with Gasteiger partial charge in [-0.3, -0.25) is 4.79 Å². The number of benzene rings is 1. The van der Waals surface area contributed by atoms with Crippen molar-refractivity contribution in [2.45, 2.75) is 32.1 Å². The molecule has 42 heavy (non-hydrogen) atoms. The number of fused-ring (bicyclic) bond motifs is 1. The van der Waals surface area contributed by atoms with Gasteiger partial charge in [-0.25, -0.2) is 23.7 Å². The number of nitrogens with one attached hydrogen (secondary N) is 2. The summed E-state index contributed by atoms with van der Waals surface area (Å²) in [4.78, 5) is 37.5. The van der Waals surface area contributed by atoms with Crippen molar-refractivity contribution in [3.8, 4) is 11.6 Å². The number of hydrogen-bond acceptors (Lipinski definition) is 8. The van der Waals surface area contributed by atoms with E-state index in [1.165, 1.54) is 45.1 Å². The third-order valence-electron chi connectivity index (χ3n) is 6.76. The number of urea groups is 1. The molecule has 2 N–H and O–H groups in total. The zero-order valence-electron chi connectivity index (χ0n) is 22.4. The minimum Gasteiger partial charge on any atom is -0.497 e. The van der Waals surface area contributed by atoms with Crippen molar-refractivity contribution in [3.63, 3.8) is 0 Å². The molecule has 6 rings (SSSR count). The Morgan fingerprint density at radius 2 is 1.88 bits per heavy atom. The number of halogens is 2. The fourth-order valence-corrected chi connectivity index (χ4v) is 5.11. The van der Waals surface area contributed by atoms with Crippen LogP contribution >= 0.6 is 11.6 Å². The standard InChI is InChI=1S/C27H24ClFN10O3/c1-15-9-23-30-13-21(35-27(41)34-17-10-19(28)25(31-12-17)39-32-7-8-33-39)24(38(23)36-15)22-11-20(29)26(40)37(22)14-16-3-5-18(42-2)6-4-16/h3-10,12-13,20,22H,11,14H2,1-2H3,(H2,34,35,41). The molecular weight excluding hydrogens is 567 g/mol. The van der Waals surface area contributed by atoms with Crippen molar-refractivity contribution in [3.05, 3.63) is 83.2 Å². The van der Waals surface area contributed by atoms with Crippen LogP contribution in [0.2, 0.25) is 5.02 Å². The van der Waals surface area contributed by atoms with Gasteiger partial charge in [0.1, 0.15) is 5.75 Å². The highest BCUT2D eigenvalue weighted by Crippen LogP contribution is 2.39. The summed E-state index contributed by atoms with van der Waals surface area (Å²) in [6.45, 7) is 1.94. The molecule has 0 radical (unpaired) electrons. The van der Waals surface area contributed by atoms with E-state index in [-0.39, 0.29) is 23.7 Å². The largest absolute Gasteiger partial charge is 0.497 e. The van der Waals surface area contributed by atoms with Crippen LogP contribution in [0.1, 0.15) is 29.4 Å². The van der Waals surface area contributed by atoms with Gasteiger partial charge in [-0.1, -0.05) is 23.7 Å². The molecule has 2 unspecified atom stereocenters. The number of rotatable bonds is 7. The number of pyridine rings is 1. The Labute approximate surface area is 243 Å². The molecule has 3 amide bonds. The van der Waals surface area contributed by atoms with E-state index in [0.717, 1.165) is 5.56 Å². The van der Waals surface area contributed by atoms with Crippen molar-refractivity contribution in [2.24, 2.45) is 0 Å². The predicted octanol–water partition coefficient (Wildman–Crippen LogP) is 4.13. The number of anilines is 2. The molecule has 1 aliphatic heterocycles. The second kappa shape index (κ2) is 11.0. The number of aryl methyl sites for hydroxylation is 1. The highest BCUT2D eigenvalue weighted by molar-refractivity contribution is 6.32. The van der Waals surface area contributed by atoms with Gasteiger partial charge in [-0.2, -0.15) is 15.3 Å². The topological polar surface area (TPSA) is 144 Å². The molecule has 0 aliphatic carbocycles. The van der Waals surface area contributed by atoms with Gasteiger partial charge >= 0.3 is 6.03 Å². The molecule has 5 aromatic rings. The van der Waals surface area contributed by atoms with Crippen molar-refractivity contribution < 1.29 is 18.7 Å². The molecule has 1 saturated heterocycles. The molecule has 4 aromatic heterocycles. The van der Waals surface area contributed by atoms with E-state index < -0.39 is 24.2 Å². The lowest BCUT2D eigenvalue weighted by atomic mass is 10.1. The fourth-order valence-electron chi connectivity index (χ4n) is 4.87. The average Bonchev–Trinajstić information content (AvgIpc) is 3.70. The van der Waals surface area contributed by atoms with Gasteiger partial charge in [0.15, 0.2) is 17.6 Å². The quantitative estimate of drug-likeness (QED) is 0.288. The summed E-state index contributed by atoms with van der Waals surface area (Å²) in [5.41, 5.74) is 2.93. The normalized spacial score (nSPS) is 16.7. The number of aromatic nitrogens is 7. The summed E-state index contributed by atoms with van der Waals surface area (Å²) in [7, 11) is 1.56. The van der Waals surface area contributed by atoms with Gasteiger partial charge in [0, 0.05) is 19.0 Å². The number of amides is 3. The first-order valence-electron chi connectivity index (χ1n) is 12.8. The number of nitrogens with zero attached hydrogens (tertiary/aromatic N) is 8. The zero-order valence-corrected chi connectivity index (χ0v) is 23.2. The second-order valence-corrected chi connectivity index (χ2v) is 9.98. The molecule has 0 saturated carbocycles. The molecule has 1 aromatic carbocycles. The van der Waals surface area contributed by atoms with Crippen LogP contribution in [0.4, 0.5) is 20.6 Å². The van der Waals surface area contributed by atoms with E-state index in [0.29, 0.717) is 34.3 Å². The van der Waals surface area contributed by atoms with Gasteiger partial charge in [0.25, 0.3) is 5.91 Å². The molecule has 5 heterocycles. The Balaban J connectivity index is 1.30. The maximum absolute atomic E-state index is 15.0. The molecule has 13 nitrogen and oxygen atoms in total. The lowest BCUT2D eigenvalue weighted by Gasteiger charge is -2.27. The third-order valence-corrected chi connectivity index (χ3v) is 7.04. The van der Waals surface area contributed by atoms with Crippen molar-refractivity contribution in [1.29, 1.82) is 0 Å². The minimum atomic E-state index is -1.72. The summed E-state index contributed by atoms with van der Waals surface area (Å²) in [5.74, 6) is 0.311. The van der Waals surface area contributed by atoms with Crippen molar-refractivity contribution in [1.82, 2.24) is 39.5 Å². The van der Waals surface area contributed by atoms with Gasteiger partial charge in [0.2, 0.25) is 0 Å². The zero-order chi connectivity index (χ0) is 29.4. The third kappa shape index (κ3) is 5.19. The Morgan fingerprint density at radius 1 is 1.12 bits per heavy atom. The second-order valence-electron chi connectivity index (χ2n) is 9.57. The van der Waals surface area contributed by atoms with Crippen LogP contribution in [0.3, 0.4) is 0 Å². The molecule has 1 fully saturated rings. The molecule has 1 aliphatic rings. The summed E-state index contributed by atoms with van der Waals surface area (Å²) in [6, 6.07) is 9.06. The highest BCUT2D eigenvalue weighted by atomic mass is 35.5. The number of methoxy groups -OCH3 is 1. The highest BCUT2D eigenvalue weighted by Gasteiger charge is 2.43. The number of likely N-dealkylation sites (tertiary alicyclic amines) is 1. The Morgan fingerprint density at radius 3 is 2.60 bits per heavy atom. The summed E-state index contributed by atoms with van der Waals surface area (Å²) in [5, 5.41) is 18.2. The van der Waals surface area contributed by atoms with Crippen molar-refractivity contribution >= 4 is 40.6 Å². The maximum Gasteiger partial charge on any atom is 0.323 e. The summed E-state index contributed by atoms with van der Waals surface area (Å²) < 4.78 is 21.8. The molecule has 0 bridgehead atoms. The molecular formula is C27H24ClFN10O3. The first-order valence-corrected chi connectivity index (χ1v) is 13.2. The van der Waals surface area contributed by atoms with E-state index in [4.69, 9.17) is 16.3 Å². The van der Waals surface area contributed by atoms with Crippen LogP contribution in [-0.4, -0.2) is 64.7 Å². The molecule has 0 spiro atoms. The molecule has 2 atom stereocenters. The van der Waals surface area contributed by atoms with Gasteiger partial charge in [-0.15, -0.1) is 4.80 Å². The van der Waals surface area contributed by atoms with E-state index in [1.807, 2.05) is 12.1 Å². The SMILES string of the molecule is COc1ccc(CN2C(=O)C(F)CC2c2c(NC(=O)Nc3cnc(-n4nccn4)c(Cl)c3)cnc3cc(C)nn23)cc1. The van der Waals surface area contributed by atoms with Crippen LogP contribution in [0.15, 0.2) is 61.2 Å². The summed E-state index contributed by atoms with van der Waals surface area (Å²) in [6.07, 6.45) is 4.01. The minimum absolute atomic E-state index is 0.119. The number of hydrogen-bond donors (Lipinski definition) is 2. The maximum atomic E-state index is 15.0. The van der Waals surface area contributed by atoms with E-state index >= 15 is 0 Å². The van der Waals surface area contributed by atoms with Gasteiger partial charge in [-0.05, 0) is 30.7 Å². The Kier molecular flexibility index (Phi) is 7.12. The number of ether oxygens (including phenoxy) is 1. The number of carbonyl (C=O) groups excluding carboxylic acids is 2. The Bertz CT molecular complexity index is 1780. The lowest BCUT2D eigenvalue weighted by molar-refractivity contribution is -0.133. The first-order chi connectivity index (χ1) is 20.3. The number of carbonyl (C=O) groups is 2. The van der Waals surface area contributed by atoms with Gasteiger partial charge < -0.3 is 20.3 Å². The lowest BCUT2D eigenvalue weighted by Crippen LogP contribution is -2.31. The fraction of sp³-hybridized carbons (Fsp3) is 0.222. The molecule has 15 heteroatoms. The number of alkyl halides is 1. The van der Waals surface area contributed by atoms with Crippen LogP contribution in [0.25, 0.3) is 11.5 Å². The van der Waals surface area contributed by atoms with Crippen LogP contribution < -0.4 is 15.4 Å². The Hall–Kier alpha value is -5.11. The summed E-state index contributed by atoms with van der Waals surface area (Å²) >= 11 is 6.33. The average molecular weight is 591 g/mol. The first kappa shape index (κ1) is 27.1. The van der Waals surface area contributed by atoms with Crippen LogP contribution in [0.5, 0.6) is 5.75 Å². The van der Waals surface area contributed by atoms with Crippen LogP contribution in [0, 0.1) is 6.92 Å². The van der Waals surface area contributed by atoms with E-state index in [1.54, 1.807) is 32.2 Å². The van der Waals surface area contributed by atoms with E-state index in [2.05, 4.69) is 35.9 Å². The van der Waals surface area contributed by atoms with Crippen molar-refractivity contribution in [2.75, 3.05) is 17.7 Å². The smallest absolute Gasteiger partial charge is 0.323 e. The molecule has 214 valence electrons. The van der Waals surface area contributed by atoms with Gasteiger partial charge in [0.05, 0.1) is 65.7 Å². The monoisotopic (exact) mass is 590 g/mol.